The van der Waals surface area contributed by atoms with Gasteiger partial charge in [0.15, 0.2) is 11.5 Å². The summed E-state index contributed by atoms with van der Waals surface area (Å²) >= 11 is 0. The quantitative estimate of drug-likeness (QED) is 0.454. The Kier molecular flexibility index (Phi) is 3.69. The fraction of sp³-hybridized carbons (Fsp3) is 0.0769. The summed E-state index contributed by atoms with van der Waals surface area (Å²) in [7, 11) is 0. The predicted octanol–water partition coefficient (Wildman–Crippen LogP) is 2.76. The van der Waals surface area contributed by atoms with Crippen LogP contribution in [-0.4, -0.2) is 15.1 Å². The van der Waals surface area contributed by atoms with Gasteiger partial charge in [-0.3, -0.25) is 10.1 Å². The van der Waals surface area contributed by atoms with Crippen LogP contribution in [0.5, 0.6) is 11.5 Å². The van der Waals surface area contributed by atoms with Gasteiger partial charge < -0.3 is 15.5 Å². The molecule has 6 nitrogen and oxygen atoms in total. The van der Waals surface area contributed by atoms with Crippen LogP contribution in [0.4, 0.5) is 15.8 Å². The molecule has 0 saturated heterocycles. The molecule has 0 saturated carbocycles. The zero-order valence-electron chi connectivity index (χ0n) is 10.2. The number of anilines is 1. The monoisotopic (exact) mass is 278 g/mol. The number of benzene rings is 2. The number of nitro benzene ring substituents is 1. The van der Waals surface area contributed by atoms with Crippen LogP contribution in [0.2, 0.25) is 0 Å². The highest BCUT2D eigenvalue weighted by Crippen LogP contribution is 2.26. The summed E-state index contributed by atoms with van der Waals surface area (Å²) in [6, 6.07) is 7.78. The van der Waals surface area contributed by atoms with E-state index in [-0.39, 0.29) is 18.0 Å². The molecular weight excluding hydrogens is 267 g/mol. The van der Waals surface area contributed by atoms with Crippen LogP contribution in [-0.2, 0) is 6.54 Å². The standard InChI is InChI=1S/C13H11FN2O4/c14-10-6-9(2-3-11(10)16(19)20)15-7-8-1-4-12(17)13(18)5-8/h1-6,15,17-18H,7H2. The molecule has 0 bridgehead atoms. The van der Waals surface area contributed by atoms with Crippen molar-refractivity contribution in [1.82, 2.24) is 0 Å². The first-order valence-corrected chi connectivity index (χ1v) is 5.66. The van der Waals surface area contributed by atoms with Crippen molar-refractivity contribution in [3.05, 3.63) is 57.9 Å². The van der Waals surface area contributed by atoms with Gasteiger partial charge in [-0.05, 0) is 23.8 Å². The molecule has 0 aliphatic carbocycles. The van der Waals surface area contributed by atoms with E-state index in [1.54, 1.807) is 6.07 Å². The Bertz CT molecular complexity index is 661. The number of phenolic OH excluding ortho intramolecular Hbond substituents is 2. The number of aromatic hydroxyl groups is 2. The molecule has 104 valence electrons. The third-order valence-corrected chi connectivity index (χ3v) is 2.68. The molecule has 0 aromatic heterocycles. The molecule has 0 amide bonds. The molecule has 0 aliphatic heterocycles. The van der Waals surface area contributed by atoms with Gasteiger partial charge in [0.1, 0.15) is 0 Å². The Morgan fingerprint density at radius 2 is 1.90 bits per heavy atom. The molecule has 2 aromatic rings. The van der Waals surface area contributed by atoms with Crippen molar-refractivity contribution in [3.8, 4) is 11.5 Å². The minimum Gasteiger partial charge on any atom is -0.504 e. The van der Waals surface area contributed by atoms with E-state index in [0.29, 0.717) is 11.3 Å². The molecule has 0 unspecified atom stereocenters. The smallest absolute Gasteiger partial charge is 0.304 e. The summed E-state index contributed by atoms with van der Waals surface area (Å²) in [4.78, 5) is 9.68. The first kappa shape index (κ1) is 13.6. The molecule has 0 radical (unpaired) electrons. The summed E-state index contributed by atoms with van der Waals surface area (Å²) in [6.45, 7) is 0.269. The van der Waals surface area contributed by atoms with Crippen LogP contribution in [0.1, 0.15) is 5.56 Å². The average Bonchev–Trinajstić information content (AvgIpc) is 2.40. The van der Waals surface area contributed by atoms with E-state index >= 15 is 0 Å². The average molecular weight is 278 g/mol. The van der Waals surface area contributed by atoms with Crippen molar-refractivity contribution in [2.75, 3.05) is 5.32 Å². The van der Waals surface area contributed by atoms with E-state index in [1.807, 2.05) is 0 Å². The molecule has 2 rings (SSSR count). The molecule has 0 heterocycles. The fourth-order valence-electron chi connectivity index (χ4n) is 1.65. The van der Waals surface area contributed by atoms with E-state index in [1.165, 1.54) is 18.2 Å². The number of rotatable bonds is 4. The summed E-state index contributed by atoms with van der Waals surface area (Å²) in [6.07, 6.45) is 0. The minimum atomic E-state index is -0.923. The largest absolute Gasteiger partial charge is 0.504 e. The van der Waals surface area contributed by atoms with Crippen molar-refractivity contribution < 1.29 is 19.5 Å². The third kappa shape index (κ3) is 2.94. The fourth-order valence-corrected chi connectivity index (χ4v) is 1.65. The lowest BCUT2D eigenvalue weighted by Gasteiger charge is -2.07. The highest BCUT2D eigenvalue weighted by Gasteiger charge is 2.13. The van der Waals surface area contributed by atoms with Gasteiger partial charge in [-0.15, -0.1) is 0 Å². The summed E-state index contributed by atoms with van der Waals surface area (Å²) < 4.78 is 13.4. The number of nitrogens with zero attached hydrogens (tertiary/aromatic N) is 1. The van der Waals surface area contributed by atoms with E-state index in [9.17, 15) is 19.6 Å². The maximum absolute atomic E-state index is 13.4. The molecule has 0 aliphatic rings. The van der Waals surface area contributed by atoms with Crippen LogP contribution in [0.25, 0.3) is 0 Å². The maximum Gasteiger partial charge on any atom is 0.304 e. The van der Waals surface area contributed by atoms with Gasteiger partial charge in [-0.1, -0.05) is 6.07 Å². The van der Waals surface area contributed by atoms with E-state index in [0.717, 1.165) is 12.1 Å². The lowest BCUT2D eigenvalue weighted by atomic mass is 10.2. The highest BCUT2D eigenvalue weighted by atomic mass is 19.1. The number of phenols is 2. The van der Waals surface area contributed by atoms with Gasteiger partial charge >= 0.3 is 5.69 Å². The summed E-state index contributed by atoms with van der Waals surface area (Å²) in [5, 5.41) is 31.8. The molecule has 7 heteroatoms. The Balaban J connectivity index is 2.09. The van der Waals surface area contributed by atoms with Crippen molar-refractivity contribution in [2.45, 2.75) is 6.54 Å². The lowest BCUT2D eigenvalue weighted by molar-refractivity contribution is -0.387. The number of hydrogen-bond acceptors (Lipinski definition) is 5. The van der Waals surface area contributed by atoms with E-state index in [4.69, 9.17) is 5.11 Å². The molecule has 0 fully saturated rings. The van der Waals surface area contributed by atoms with Gasteiger partial charge in [0, 0.05) is 24.4 Å². The third-order valence-electron chi connectivity index (χ3n) is 2.68. The summed E-state index contributed by atoms with van der Waals surface area (Å²) in [5.41, 5.74) is 0.456. The van der Waals surface area contributed by atoms with Crippen molar-refractivity contribution in [2.24, 2.45) is 0 Å². The minimum absolute atomic E-state index is 0.227. The molecule has 2 aromatic carbocycles. The number of hydrogen-bond donors (Lipinski definition) is 3. The predicted molar refractivity (Wildman–Crippen MR) is 70.2 cm³/mol. The SMILES string of the molecule is O=[N+]([O-])c1ccc(NCc2ccc(O)c(O)c2)cc1F. The Morgan fingerprint density at radius 3 is 2.50 bits per heavy atom. The van der Waals surface area contributed by atoms with Crippen LogP contribution < -0.4 is 5.32 Å². The highest BCUT2D eigenvalue weighted by molar-refractivity contribution is 5.50. The second kappa shape index (κ2) is 5.43. The maximum atomic E-state index is 13.4. The zero-order valence-corrected chi connectivity index (χ0v) is 10.2. The number of nitrogens with one attached hydrogen (secondary N) is 1. The second-order valence-electron chi connectivity index (χ2n) is 4.10. The van der Waals surface area contributed by atoms with E-state index < -0.39 is 16.4 Å². The number of halogens is 1. The van der Waals surface area contributed by atoms with Crippen molar-refractivity contribution in [1.29, 1.82) is 0 Å². The van der Waals surface area contributed by atoms with Gasteiger partial charge in [0.05, 0.1) is 4.92 Å². The second-order valence-corrected chi connectivity index (χ2v) is 4.10. The van der Waals surface area contributed by atoms with Crippen LogP contribution in [0, 0.1) is 15.9 Å². The van der Waals surface area contributed by atoms with Crippen molar-refractivity contribution in [3.63, 3.8) is 0 Å². The lowest BCUT2D eigenvalue weighted by Crippen LogP contribution is -2.00. The Morgan fingerprint density at radius 1 is 1.15 bits per heavy atom. The topological polar surface area (TPSA) is 95.6 Å². The van der Waals surface area contributed by atoms with E-state index in [2.05, 4.69) is 5.32 Å². The van der Waals surface area contributed by atoms with Gasteiger partial charge in [-0.2, -0.15) is 4.39 Å². The Labute approximate surface area is 113 Å². The van der Waals surface area contributed by atoms with Crippen LogP contribution in [0.15, 0.2) is 36.4 Å². The molecule has 0 atom stereocenters. The number of nitro groups is 1. The molecular formula is C13H11FN2O4. The molecule has 0 spiro atoms. The van der Waals surface area contributed by atoms with Gasteiger partial charge in [0.25, 0.3) is 0 Å². The first-order valence-electron chi connectivity index (χ1n) is 5.66. The van der Waals surface area contributed by atoms with Gasteiger partial charge in [-0.25, -0.2) is 0 Å². The van der Waals surface area contributed by atoms with Gasteiger partial charge in [0.2, 0.25) is 5.82 Å². The summed E-state index contributed by atoms with van der Waals surface area (Å²) in [5.74, 6) is -1.40. The Hall–Kier alpha value is -2.83. The first-order chi connectivity index (χ1) is 9.47. The van der Waals surface area contributed by atoms with Crippen molar-refractivity contribution >= 4 is 11.4 Å². The zero-order chi connectivity index (χ0) is 14.7. The van der Waals surface area contributed by atoms with Crippen LogP contribution >= 0.6 is 0 Å². The molecule has 20 heavy (non-hydrogen) atoms. The molecule has 3 N–H and O–H groups in total. The normalized spacial score (nSPS) is 10.2. The van der Waals surface area contributed by atoms with Crippen LogP contribution in [0.3, 0.4) is 0 Å².